The Hall–Kier alpha value is -5.24. The average Bonchev–Trinajstić information content (AvgIpc) is 3.58. The first-order chi connectivity index (χ1) is 21.0. The Kier molecular flexibility index (Phi) is 8.00. The molecule has 0 aliphatic rings. The number of nitrogens with zero attached hydrogens (tertiary/aromatic N) is 2. The van der Waals surface area contributed by atoms with Gasteiger partial charge in [0, 0.05) is 28.8 Å². The fraction of sp³-hybridized carbons (Fsp3) is 0.200. The molecule has 218 valence electrons. The molecule has 0 radical (unpaired) electrons. The van der Waals surface area contributed by atoms with E-state index in [2.05, 4.69) is 27.8 Å². The molecular formula is C35H32N2O6. The van der Waals surface area contributed by atoms with Crippen molar-refractivity contribution in [3.63, 3.8) is 0 Å². The number of aliphatic carboxylic acids is 1. The number of benzene rings is 4. The highest BCUT2D eigenvalue weighted by molar-refractivity contribution is 6.12. The number of unbranched alkanes of at least 4 members (excludes halogenated alkanes) is 1. The van der Waals surface area contributed by atoms with Crippen LogP contribution in [0.2, 0.25) is 0 Å². The van der Waals surface area contributed by atoms with Crippen LogP contribution in [0, 0.1) is 6.92 Å². The molecule has 43 heavy (non-hydrogen) atoms. The van der Waals surface area contributed by atoms with E-state index >= 15 is 0 Å². The summed E-state index contributed by atoms with van der Waals surface area (Å²) in [6, 6.07) is 29.9. The lowest BCUT2D eigenvalue weighted by molar-refractivity contribution is -0.137. The Balaban J connectivity index is 1.29. The van der Waals surface area contributed by atoms with E-state index in [0.717, 1.165) is 44.5 Å². The van der Waals surface area contributed by atoms with Gasteiger partial charge in [0.05, 0.1) is 30.4 Å². The fourth-order valence-corrected chi connectivity index (χ4v) is 5.27. The first kappa shape index (κ1) is 27.9. The molecule has 0 aliphatic heterocycles. The highest BCUT2D eigenvalue weighted by Crippen LogP contribution is 2.39. The quantitative estimate of drug-likeness (QED) is 0.148. The van der Waals surface area contributed by atoms with Gasteiger partial charge in [0.1, 0.15) is 23.8 Å². The molecule has 0 atom stereocenters. The Bertz CT molecular complexity index is 1890. The van der Waals surface area contributed by atoms with Crippen LogP contribution in [0.5, 0.6) is 17.2 Å². The molecule has 0 saturated carbocycles. The van der Waals surface area contributed by atoms with E-state index < -0.39 is 5.97 Å². The summed E-state index contributed by atoms with van der Waals surface area (Å²) in [6.07, 6.45) is 1.38. The number of carboxylic acids is 1. The number of rotatable bonds is 12. The van der Waals surface area contributed by atoms with E-state index in [1.54, 1.807) is 7.11 Å². The van der Waals surface area contributed by atoms with Crippen LogP contribution in [0.15, 0.2) is 95.4 Å². The lowest BCUT2D eigenvalue weighted by atomic mass is 10.1. The van der Waals surface area contributed by atoms with Gasteiger partial charge in [0.25, 0.3) is 0 Å². The van der Waals surface area contributed by atoms with E-state index in [1.807, 2.05) is 79.7 Å². The first-order valence-corrected chi connectivity index (χ1v) is 14.2. The van der Waals surface area contributed by atoms with Gasteiger partial charge in [-0.3, -0.25) is 4.79 Å². The molecule has 8 heteroatoms. The number of ether oxygens (including phenoxy) is 3. The molecule has 0 saturated heterocycles. The summed E-state index contributed by atoms with van der Waals surface area (Å²) in [6.45, 7) is 2.57. The number of para-hydroxylation sites is 1. The van der Waals surface area contributed by atoms with Gasteiger partial charge in [-0.15, -0.1) is 0 Å². The number of aryl methyl sites for hydroxylation is 1. The van der Waals surface area contributed by atoms with Crippen LogP contribution in [-0.4, -0.2) is 34.3 Å². The predicted octanol–water partition coefficient (Wildman–Crippen LogP) is 7.97. The highest BCUT2D eigenvalue weighted by atomic mass is 16.5. The average molecular weight is 577 g/mol. The molecule has 0 bridgehead atoms. The molecule has 0 unspecified atom stereocenters. The summed E-state index contributed by atoms with van der Waals surface area (Å²) in [5.41, 5.74) is 4.57. The molecule has 0 amide bonds. The van der Waals surface area contributed by atoms with Crippen LogP contribution >= 0.6 is 0 Å². The Morgan fingerprint density at radius 1 is 0.860 bits per heavy atom. The zero-order valence-corrected chi connectivity index (χ0v) is 24.1. The van der Waals surface area contributed by atoms with Crippen LogP contribution in [0.4, 0.5) is 0 Å². The molecule has 0 fully saturated rings. The van der Waals surface area contributed by atoms with Gasteiger partial charge in [-0.05, 0) is 62.2 Å². The van der Waals surface area contributed by atoms with Gasteiger partial charge in [-0.1, -0.05) is 42.5 Å². The van der Waals surface area contributed by atoms with E-state index in [-0.39, 0.29) is 13.0 Å². The molecule has 1 N–H and O–H groups in total. The fourth-order valence-electron chi connectivity index (χ4n) is 5.27. The van der Waals surface area contributed by atoms with Crippen LogP contribution in [-0.2, 0) is 11.4 Å². The summed E-state index contributed by atoms with van der Waals surface area (Å²) in [7, 11) is 1.63. The number of oxazole rings is 1. The van der Waals surface area contributed by atoms with Crippen LogP contribution in [0.1, 0.15) is 30.7 Å². The minimum absolute atomic E-state index is 0.140. The summed E-state index contributed by atoms with van der Waals surface area (Å²) >= 11 is 0. The molecule has 6 rings (SSSR count). The minimum Gasteiger partial charge on any atom is -0.493 e. The van der Waals surface area contributed by atoms with Crippen molar-refractivity contribution in [2.45, 2.75) is 32.8 Å². The summed E-state index contributed by atoms with van der Waals surface area (Å²) in [4.78, 5) is 15.5. The molecule has 2 aromatic heterocycles. The summed E-state index contributed by atoms with van der Waals surface area (Å²) in [5, 5.41) is 11.0. The van der Waals surface area contributed by atoms with E-state index in [4.69, 9.17) is 23.7 Å². The maximum absolute atomic E-state index is 10.9. The Labute approximate surface area is 249 Å². The zero-order chi connectivity index (χ0) is 29.8. The molecular weight excluding hydrogens is 544 g/mol. The van der Waals surface area contributed by atoms with Crippen LogP contribution < -0.4 is 14.2 Å². The van der Waals surface area contributed by atoms with E-state index in [0.29, 0.717) is 42.6 Å². The molecule has 0 aliphatic carbocycles. The van der Waals surface area contributed by atoms with Gasteiger partial charge < -0.3 is 28.3 Å². The van der Waals surface area contributed by atoms with Crippen molar-refractivity contribution < 1.29 is 28.5 Å². The number of carbonyl (C=O) groups is 1. The standard InChI is InChI=1S/C35H32N2O6/c1-23-27(36-35(43-23)24-11-4-3-5-12-24)22-42-30-19-18-25(21-32(30)40-2)37-28-14-7-6-13-26(28)34-29(37)15-10-16-31(34)41-20-9-8-17-33(38)39/h3-7,10-16,18-19,21H,8-9,17,20,22H2,1-2H3,(H,38,39). The van der Waals surface area contributed by atoms with Gasteiger partial charge in [-0.25, -0.2) is 4.98 Å². The maximum atomic E-state index is 10.9. The summed E-state index contributed by atoms with van der Waals surface area (Å²) < 4.78 is 26.2. The molecule has 6 aromatic rings. The Morgan fingerprint density at radius 2 is 1.65 bits per heavy atom. The number of aromatic nitrogens is 2. The molecule has 2 heterocycles. The number of hydrogen-bond acceptors (Lipinski definition) is 6. The van der Waals surface area contributed by atoms with Crippen molar-refractivity contribution in [3.8, 4) is 34.4 Å². The summed E-state index contributed by atoms with van der Waals surface area (Å²) in [5.74, 6) is 2.45. The van der Waals surface area contributed by atoms with Crippen molar-refractivity contribution in [2.24, 2.45) is 0 Å². The van der Waals surface area contributed by atoms with E-state index in [9.17, 15) is 4.79 Å². The second-order valence-corrected chi connectivity index (χ2v) is 10.2. The lowest BCUT2D eigenvalue weighted by Gasteiger charge is -2.14. The SMILES string of the molecule is COc1cc(-n2c3ccccc3c3c(OCCCCC(=O)O)cccc32)ccc1OCc1nc(-c2ccccc2)oc1C. The number of carboxylic acid groups (broad SMARTS) is 1. The van der Waals surface area contributed by atoms with Gasteiger partial charge >= 0.3 is 5.97 Å². The second-order valence-electron chi connectivity index (χ2n) is 10.2. The zero-order valence-electron chi connectivity index (χ0n) is 24.1. The maximum Gasteiger partial charge on any atom is 0.303 e. The first-order valence-electron chi connectivity index (χ1n) is 14.2. The largest absolute Gasteiger partial charge is 0.493 e. The second kappa shape index (κ2) is 12.3. The lowest BCUT2D eigenvalue weighted by Crippen LogP contribution is -2.01. The molecule has 8 nitrogen and oxygen atoms in total. The van der Waals surface area contributed by atoms with Crippen LogP contribution in [0.3, 0.4) is 0 Å². The molecule has 4 aromatic carbocycles. The highest BCUT2D eigenvalue weighted by Gasteiger charge is 2.18. The van der Waals surface area contributed by atoms with Gasteiger partial charge in [0.15, 0.2) is 11.5 Å². The van der Waals surface area contributed by atoms with Crippen molar-refractivity contribution in [1.82, 2.24) is 9.55 Å². The normalized spacial score (nSPS) is 11.2. The smallest absolute Gasteiger partial charge is 0.303 e. The van der Waals surface area contributed by atoms with Crippen molar-refractivity contribution >= 4 is 27.8 Å². The van der Waals surface area contributed by atoms with Crippen LogP contribution in [0.25, 0.3) is 38.9 Å². The third-order valence-corrected chi connectivity index (χ3v) is 7.39. The number of fused-ring (bicyclic) bond motifs is 3. The molecule has 0 spiro atoms. The van der Waals surface area contributed by atoms with Gasteiger partial charge in [-0.2, -0.15) is 0 Å². The van der Waals surface area contributed by atoms with Crippen molar-refractivity contribution in [2.75, 3.05) is 13.7 Å². The van der Waals surface area contributed by atoms with Gasteiger partial charge in [0.2, 0.25) is 5.89 Å². The third kappa shape index (κ3) is 5.77. The topological polar surface area (TPSA) is 96.0 Å². The minimum atomic E-state index is -0.789. The van der Waals surface area contributed by atoms with Crippen molar-refractivity contribution in [1.29, 1.82) is 0 Å². The monoisotopic (exact) mass is 576 g/mol. The third-order valence-electron chi connectivity index (χ3n) is 7.39. The number of hydrogen-bond donors (Lipinski definition) is 1. The number of methoxy groups -OCH3 is 1. The predicted molar refractivity (Wildman–Crippen MR) is 165 cm³/mol. The Morgan fingerprint density at radius 3 is 2.47 bits per heavy atom. The van der Waals surface area contributed by atoms with Crippen molar-refractivity contribution in [3.05, 3.63) is 102 Å². The van der Waals surface area contributed by atoms with E-state index in [1.165, 1.54) is 0 Å².